The van der Waals surface area contributed by atoms with Crippen molar-refractivity contribution in [3.05, 3.63) is 0 Å². The first-order valence-corrected chi connectivity index (χ1v) is 10.5. The third-order valence-electron chi connectivity index (χ3n) is 5.41. The highest BCUT2D eigenvalue weighted by molar-refractivity contribution is 6.05. The molecule has 0 aromatic carbocycles. The van der Waals surface area contributed by atoms with Crippen LogP contribution >= 0.6 is 0 Å². The Morgan fingerprint density at radius 2 is 1.56 bits per heavy atom. The third-order valence-corrected chi connectivity index (χ3v) is 5.41. The van der Waals surface area contributed by atoms with E-state index in [-0.39, 0.29) is 18.8 Å². The first-order chi connectivity index (χ1) is 14.8. The minimum absolute atomic E-state index is 0.0208. The topological polar surface area (TPSA) is 187 Å². The van der Waals surface area contributed by atoms with Gasteiger partial charge in [0.05, 0.1) is 0 Å². The molecule has 4 atom stereocenters. The van der Waals surface area contributed by atoms with Crippen molar-refractivity contribution in [3.8, 4) is 0 Å². The fourth-order valence-electron chi connectivity index (χ4n) is 3.36. The van der Waals surface area contributed by atoms with E-state index in [1.165, 1.54) is 18.7 Å². The molecule has 0 aromatic heterocycles. The number of hydrogen-bond donors (Lipinski definition) is 4. The van der Waals surface area contributed by atoms with Crippen molar-refractivity contribution in [2.45, 2.75) is 77.5 Å². The van der Waals surface area contributed by atoms with Crippen molar-refractivity contribution < 1.29 is 39.0 Å². The van der Waals surface area contributed by atoms with Gasteiger partial charge in [-0.25, -0.2) is 4.79 Å². The van der Waals surface area contributed by atoms with E-state index in [0.717, 1.165) is 4.90 Å². The lowest BCUT2D eigenvalue weighted by Gasteiger charge is -2.27. The van der Waals surface area contributed by atoms with E-state index >= 15 is 0 Å². The first-order valence-electron chi connectivity index (χ1n) is 10.5. The zero-order valence-electron chi connectivity index (χ0n) is 18.7. The van der Waals surface area contributed by atoms with Crippen molar-refractivity contribution in [2.24, 2.45) is 11.7 Å². The number of amides is 4. The molecule has 2 aliphatic heterocycles. The van der Waals surface area contributed by atoms with Gasteiger partial charge in [0.1, 0.15) is 24.2 Å². The van der Waals surface area contributed by atoms with E-state index in [1.807, 2.05) is 0 Å². The lowest BCUT2D eigenvalue weighted by Crippen LogP contribution is -2.54. The van der Waals surface area contributed by atoms with Crippen molar-refractivity contribution in [3.63, 3.8) is 0 Å². The summed E-state index contributed by atoms with van der Waals surface area (Å²) in [5, 5.41) is 19.8. The highest BCUT2D eigenvalue weighted by Gasteiger charge is 2.39. The Labute approximate surface area is 186 Å². The number of nitrogens with zero attached hydrogens (tertiary/aromatic N) is 2. The highest BCUT2D eigenvalue weighted by atomic mass is 16.4. The predicted octanol–water partition coefficient (Wildman–Crippen LogP) is -0.841. The molecule has 0 spiro atoms. The Hall–Kier alpha value is -3.02. The fraction of sp³-hybridized carbons (Fsp3) is 0.700. The van der Waals surface area contributed by atoms with Crippen LogP contribution < -0.4 is 11.1 Å². The number of nitrogens with one attached hydrogen (secondary N) is 1. The molecular formula is C20H32N4O8. The normalized spacial score (nSPS) is 21.0. The average Bonchev–Trinajstić information content (AvgIpc) is 3.33. The lowest BCUT2D eigenvalue weighted by atomic mass is 10.1. The average molecular weight is 456 g/mol. The van der Waals surface area contributed by atoms with Crippen LogP contribution in [0.5, 0.6) is 0 Å². The summed E-state index contributed by atoms with van der Waals surface area (Å²) in [4.78, 5) is 71.2. The molecule has 5 N–H and O–H groups in total. The molecule has 0 radical (unpaired) electrons. The molecule has 0 aromatic rings. The van der Waals surface area contributed by atoms with E-state index < -0.39 is 59.7 Å². The van der Waals surface area contributed by atoms with Gasteiger partial charge >= 0.3 is 11.9 Å². The maximum atomic E-state index is 12.4. The SMILES string of the molecule is CC(C)[C@H](N)C(=O)O.C[C@H](NC(=O)[C@H](C)N1C(=O)CCC1=O)C(=O)N1CCC[C@H]1C(=O)O. The second-order valence-electron chi connectivity index (χ2n) is 8.20. The van der Waals surface area contributed by atoms with Gasteiger partial charge in [-0.1, -0.05) is 13.8 Å². The molecule has 2 rings (SSSR count). The highest BCUT2D eigenvalue weighted by Crippen LogP contribution is 2.19. The number of nitrogens with two attached hydrogens (primary N) is 1. The molecule has 0 aliphatic carbocycles. The van der Waals surface area contributed by atoms with Crippen LogP contribution in [0.2, 0.25) is 0 Å². The Morgan fingerprint density at radius 1 is 1.03 bits per heavy atom. The summed E-state index contributed by atoms with van der Waals surface area (Å²) in [6.45, 7) is 6.76. The van der Waals surface area contributed by atoms with Gasteiger partial charge in [0, 0.05) is 19.4 Å². The second kappa shape index (κ2) is 11.6. The van der Waals surface area contributed by atoms with Crippen LogP contribution in [0.1, 0.15) is 53.4 Å². The number of carbonyl (C=O) groups excluding carboxylic acids is 4. The minimum atomic E-state index is -1.07. The van der Waals surface area contributed by atoms with E-state index in [9.17, 15) is 28.8 Å². The maximum Gasteiger partial charge on any atom is 0.326 e. The predicted molar refractivity (Wildman–Crippen MR) is 111 cm³/mol. The number of likely N-dealkylation sites (tertiary alicyclic amines) is 2. The van der Waals surface area contributed by atoms with Crippen LogP contribution in [0, 0.1) is 5.92 Å². The molecule has 4 amide bonds. The van der Waals surface area contributed by atoms with Gasteiger partial charge < -0.3 is 26.2 Å². The number of carbonyl (C=O) groups is 6. The maximum absolute atomic E-state index is 12.4. The van der Waals surface area contributed by atoms with E-state index in [2.05, 4.69) is 5.32 Å². The van der Waals surface area contributed by atoms with Crippen molar-refractivity contribution in [1.82, 2.24) is 15.1 Å². The monoisotopic (exact) mass is 456 g/mol. The van der Waals surface area contributed by atoms with Crippen molar-refractivity contribution in [2.75, 3.05) is 6.54 Å². The van der Waals surface area contributed by atoms with Gasteiger partial charge in [-0.3, -0.25) is 28.9 Å². The zero-order chi connectivity index (χ0) is 24.7. The number of imide groups is 1. The lowest BCUT2D eigenvalue weighted by molar-refractivity contribution is -0.150. The Bertz CT molecular complexity index is 753. The van der Waals surface area contributed by atoms with Crippen LogP contribution in [-0.2, 0) is 28.8 Å². The standard InChI is InChI=1S/C15H21N3O6.C5H11NO2/c1-8(14(22)17-7-3-4-10(17)15(23)24)16-13(21)9(2)18-11(19)5-6-12(18)20;1-3(2)4(6)5(7)8/h8-10H,3-7H2,1-2H3,(H,16,21)(H,23,24);3-4H,6H2,1-2H3,(H,7,8)/t8-,9-,10-;4-/m00/s1. The van der Waals surface area contributed by atoms with Gasteiger partial charge in [-0.15, -0.1) is 0 Å². The second-order valence-corrected chi connectivity index (χ2v) is 8.20. The molecule has 0 bridgehead atoms. The van der Waals surface area contributed by atoms with Crippen molar-refractivity contribution in [1.29, 1.82) is 0 Å². The van der Waals surface area contributed by atoms with Crippen LogP contribution in [0.4, 0.5) is 0 Å². The molecule has 2 fully saturated rings. The Kier molecular flexibility index (Phi) is 9.76. The smallest absolute Gasteiger partial charge is 0.326 e. The van der Waals surface area contributed by atoms with Crippen molar-refractivity contribution >= 4 is 35.6 Å². The Morgan fingerprint density at radius 3 is 1.97 bits per heavy atom. The molecule has 32 heavy (non-hydrogen) atoms. The summed E-state index contributed by atoms with van der Waals surface area (Å²) in [7, 11) is 0. The number of hydrogen-bond acceptors (Lipinski definition) is 7. The molecule has 180 valence electrons. The van der Waals surface area contributed by atoms with Gasteiger partial charge in [0.2, 0.25) is 23.6 Å². The quantitative estimate of drug-likeness (QED) is 0.354. The summed E-state index contributed by atoms with van der Waals surface area (Å²) in [5.41, 5.74) is 5.16. The molecular weight excluding hydrogens is 424 g/mol. The summed E-state index contributed by atoms with van der Waals surface area (Å²) in [6, 6.07) is -3.53. The molecule has 2 aliphatic rings. The number of rotatable bonds is 7. The van der Waals surface area contributed by atoms with E-state index in [1.54, 1.807) is 13.8 Å². The molecule has 2 heterocycles. The molecule has 12 nitrogen and oxygen atoms in total. The molecule has 12 heteroatoms. The largest absolute Gasteiger partial charge is 0.480 e. The van der Waals surface area contributed by atoms with Gasteiger partial charge in [-0.05, 0) is 32.6 Å². The minimum Gasteiger partial charge on any atom is -0.480 e. The zero-order valence-corrected chi connectivity index (χ0v) is 18.7. The number of carboxylic acids is 2. The van der Waals surface area contributed by atoms with Gasteiger partial charge in [0.25, 0.3) is 0 Å². The van der Waals surface area contributed by atoms with Crippen LogP contribution in [-0.4, -0.2) is 86.3 Å². The fourth-order valence-corrected chi connectivity index (χ4v) is 3.36. The third kappa shape index (κ3) is 6.74. The first kappa shape index (κ1) is 27.0. The summed E-state index contributed by atoms with van der Waals surface area (Å²) in [5.74, 6) is -3.90. The Balaban J connectivity index is 0.000000547. The summed E-state index contributed by atoms with van der Waals surface area (Å²) < 4.78 is 0. The molecule has 0 unspecified atom stereocenters. The van der Waals surface area contributed by atoms with Crippen LogP contribution in [0.25, 0.3) is 0 Å². The summed E-state index contributed by atoms with van der Waals surface area (Å²) in [6.07, 6.45) is 1.14. The van der Waals surface area contributed by atoms with Gasteiger partial charge in [0.15, 0.2) is 0 Å². The van der Waals surface area contributed by atoms with Gasteiger partial charge in [-0.2, -0.15) is 0 Å². The molecule has 2 saturated heterocycles. The number of aliphatic carboxylic acids is 2. The van der Waals surface area contributed by atoms with E-state index in [0.29, 0.717) is 19.4 Å². The molecule has 0 saturated carbocycles. The van der Waals surface area contributed by atoms with E-state index in [4.69, 9.17) is 15.9 Å². The summed E-state index contributed by atoms with van der Waals surface area (Å²) >= 11 is 0. The van der Waals surface area contributed by atoms with Crippen LogP contribution in [0.3, 0.4) is 0 Å². The number of carboxylic acid groups (broad SMARTS) is 2. The van der Waals surface area contributed by atoms with Crippen LogP contribution in [0.15, 0.2) is 0 Å².